The average Bonchev–Trinajstić information content (AvgIpc) is 3.47. The van der Waals surface area contributed by atoms with E-state index in [0.717, 1.165) is 46.8 Å². The highest BCUT2D eigenvalue weighted by atomic mass is 16.5. The molecule has 1 saturated carbocycles. The molecule has 0 unspecified atom stereocenters. The number of fused-ring (bicyclic) bond motifs is 2. The van der Waals surface area contributed by atoms with Gasteiger partial charge in [0.1, 0.15) is 17.9 Å². The number of hydrogen-bond acceptors (Lipinski definition) is 4. The highest BCUT2D eigenvalue weighted by Gasteiger charge is 2.48. The van der Waals surface area contributed by atoms with E-state index < -0.39 is 5.54 Å². The molecule has 5 rings (SSSR count). The Kier molecular flexibility index (Phi) is 5.01. The number of nitrogens with zero attached hydrogens (tertiary/aromatic N) is 2. The summed E-state index contributed by atoms with van der Waals surface area (Å²) in [5, 5.41) is 8.02. The topological polar surface area (TPSA) is 82.2 Å². The van der Waals surface area contributed by atoms with Gasteiger partial charge in [0.25, 0.3) is 0 Å². The summed E-state index contributed by atoms with van der Waals surface area (Å²) in [5.74, 6) is 0.513. The van der Waals surface area contributed by atoms with E-state index in [4.69, 9.17) is 15.6 Å². The number of primary amides is 1. The first-order chi connectivity index (χ1) is 14.1. The number of benzene rings is 2. The van der Waals surface area contributed by atoms with Gasteiger partial charge in [-0.1, -0.05) is 50.2 Å². The number of hydrogen-bond donors (Lipinski definition) is 2. The van der Waals surface area contributed by atoms with Crippen molar-refractivity contribution >= 4 is 11.6 Å². The third kappa shape index (κ3) is 3.70. The van der Waals surface area contributed by atoms with Crippen LogP contribution in [0.5, 0.6) is 5.75 Å². The number of ether oxygens (including phenoxy) is 1. The standard InChI is InChI=1S/C21H20N4O2.C2H6/c22-20(26)21(8-9-21)23-16-7-6-15-12-25-17(13-27-19(15)10-16)11-18(24-25)14-4-2-1-3-5-14;1-2/h1-7,10-11,23H,8-9,12-13H2,(H2,22,26);1-2H3. The fraction of sp³-hybridized carbons (Fsp3) is 0.304. The van der Waals surface area contributed by atoms with Crippen molar-refractivity contribution in [3.8, 4) is 17.0 Å². The van der Waals surface area contributed by atoms with Crippen molar-refractivity contribution in [3.63, 3.8) is 0 Å². The van der Waals surface area contributed by atoms with E-state index >= 15 is 0 Å². The molecule has 1 aromatic heterocycles. The van der Waals surface area contributed by atoms with Gasteiger partial charge in [0.05, 0.1) is 17.9 Å². The fourth-order valence-electron chi connectivity index (χ4n) is 3.50. The lowest BCUT2D eigenvalue weighted by atomic mass is 10.1. The van der Waals surface area contributed by atoms with Crippen LogP contribution < -0.4 is 15.8 Å². The molecule has 2 aromatic carbocycles. The van der Waals surface area contributed by atoms with E-state index in [0.29, 0.717) is 13.2 Å². The van der Waals surface area contributed by atoms with E-state index in [1.54, 1.807) is 0 Å². The molecule has 150 valence electrons. The zero-order valence-corrected chi connectivity index (χ0v) is 16.8. The van der Waals surface area contributed by atoms with Crippen molar-refractivity contribution in [1.29, 1.82) is 0 Å². The quantitative estimate of drug-likeness (QED) is 0.707. The summed E-state index contributed by atoms with van der Waals surface area (Å²) in [5.41, 5.74) is 9.92. The molecule has 2 heterocycles. The number of carbonyl (C=O) groups excluding carboxylic acids is 1. The molecule has 2 aliphatic rings. The van der Waals surface area contributed by atoms with Crippen molar-refractivity contribution in [2.45, 2.75) is 45.4 Å². The Morgan fingerprint density at radius 1 is 1.14 bits per heavy atom. The van der Waals surface area contributed by atoms with Gasteiger partial charge in [-0.2, -0.15) is 5.10 Å². The molecule has 29 heavy (non-hydrogen) atoms. The smallest absolute Gasteiger partial charge is 0.243 e. The van der Waals surface area contributed by atoms with Gasteiger partial charge in [-0.05, 0) is 25.0 Å². The maximum atomic E-state index is 11.6. The maximum absolute atomic E-state index is 11.6. The van der Waals surface area contributed by atoms with Crippen LogP contribution in [0.25, 0.3) is 11.3 Å². The first-order valence-corrected chi connectivity index (χ1v) is 10.1. The van der Waals surface area contributed by atoms with Crippen LogP contribution in [0, 0.1) is 0 Å². The van der Waals surface area contributed by atoms with E-state index in [2.05, 4.69) is 23.5 Å². The van der Waals surface area contributed by atoms with E-state index in [-0.39, 0.29) is 5.91 Å². The van der Waals surface area contributed by atoms with Crippen LogP contribution >= 0.6 is 0 Å². The molecule has 3 N–H and O–H groups in total. The second kappa shape index (κ2) is 7.62. The molecule has 6 heteroatoms. The summed E-state index contributed by atoms with van der Waals surface area (Å²) >= 11 is 0. The van der Waals surface area contributed by atoms with Gasteiger partial charge in [0.15, 0.2) is 0 Å². The minimum absolute atomic E-state index is 0.299. The number of nitrogens with two attached hydrogens (primary N) is 1. The number of rotatable bonds is 4. The molecule has 0 bridgehead atoms. The third-order valence-corrected chi connectivity index (χ3v) is 5.30. The monoisotopic (exact) mass is 390 g/mol. The highest BCUT2D eigenvalue weighted by Crippen LogP contribution is 2.40. The van der Waals surface area contributed by atoms with Crippen LogP contribution in [-0.2, 0) is 17.9 Å². The fourth-order valence-corrected chi connectivity index (χ4v) is 3.50. The highest BCUT2D eigenvalue weighted by molar-refractivity contribution is 5.91. The minimum atomic E-state index is -0.587. The van der Waals surface area contributed by atoms with Crippen LogP contribution in [0.4, 0.5) is 5.69 Å². The molecule has 6 nitrogen and oxygen atoms in total. The number of nitrogens with one attached hydrogen (secondary N) is 1. The summed E-state index contributed by atoms with van der Waals surface area (Å²) in [7, 11) is 0. The van der Waals surface area contributed by atoms with Crippen molar-refractivity contribution in [2.24, 2.45) is 5.73 Å². The molecule has 1 aliphatic carbocycles. The van der Waals surface area contributed by atoms with Gasteiger partial charge >= 0.3 is 0 Å². The van der Waals surface area contributed by atoms with Crippen LogP contribution in [-0.4, -0.2) is 21.2 Å². The zero-order valence-electron chi connectivity index (χ0n) is 16.8. The van der Waals surface area contributed by atoms with Gasteiger partial charge in [-0.15, -0.1) is 0 Å². The van der Waals surface area contributed by atoms with Crippen molar-refractivity contribution < 1.29 is 9.53 Å². The van der Waals surface area contributed by atoms with Crippen LogP contribution in [0.15, 0.2) is 54.6 Å². The molecule has 0 spiro atoms. The molecule has 3 aromatic rings. The zero-order chi connectivity index (χ0) is 20.4. The van der Waals surface area contributed by atoms with Crippen LogP contribution in [0.3, 0.4) is 0 Å². The molecule has 1 aliphatic heterocycles. The number of anilines is 1. The second-order valence-corrected chi connectivity index (χ2v) is 7.23. The Bertz CT molecular complexity index is 1020. The Hall–Kier alpha value is -3.28. The largest absolute Gasteiger partial charge is 0.487 e. The lowest BCUT2D eigenvalue weighted by Crippen LogP contribution is -2.37. The van der Waals surface area contributed by atoms with E-state index in [1.165, 1.54) is 0 Å². The van der Waals surface area contributed by atoms with Crippen LogP contribution in [0.2, 0.25) is 0 Å². The number of carbonyl (C=O) groups is 1. The lowest BCUT2D eigenvalue weighted by molar-refractivity contribution is -0.119. The van der Waals surface area contributed by atoms with Gasteiger partial charge in [0, 0.05) is 22.9 Å². The molecular formula is C23H26N4O2. The van der Waals surface area contributed by atoms with Crippen molar-refractivity contribution in [3.05, 3.63) is 65.9 Å². The Labute approximate surface area is 170 Å². The van der Waals surface area contributed by atoms with E-state index in [9.17, 15) is 4.79 Å². The normalized spacial score (nSPS) is 15.5. The van der Waals surface area contributed by atoms with Gasteiger partial charge in [0.2, 0.25) is 5.91 Å². The Morgan fingerprint density at radius 3 is 2.59 bits per heavy atom. The average molecular weight is 390 g/mol. The molecular weight excluding hydrogens is 364 g/mol. The maximum Gasteiger partial charge on any atom is 0.243 e. The molecule has 0 saturated heterocycles. The van der Waals surface area contributed by atoms with Gasteiger partial charge < -0.3 is 15.8 Å². The second-order valence-electron chi connectivity index (χ2n) is 7.23. The lowest BCUT2D eigenvalue weighted by Gasteiger charge is -2.16. The summed E-state index contributed by atoms with van der Waals surface area (Å²) in [6.45, 7) is 5.11. The Balaban J connectivity index is 0.000000994. The van der Waals surface area contributed by atoms with E-state index in [1.807, 2.05) is 54.9 Å². The minimum Gasteiger partial charge on any atom is -0.487 e. The number of amides is 1. The molecule has 0 atom stereocenters. The summed E-state index contributed by atoms with van der Waals surface area (Å²) in [6, 6.07) is 18.2. The number of aromatic nitrogens is 2. The Morgan fingerprint density at radius 2 is 1.90 bits per heavy atom. The van der Waals surface area contributed by atoms with Crippen LogP contribution in [0.1, 0.15) is 37.9 Å². The summed E-state index contributed by atoms with van der Waals surface area (Å²) < 4.78 is 8.04. The van der Waals surface area contributed by atoms with Crippen molar-refractivity contribution in [2.75, 3.05) is 5.32 Å². The molecule has 0 radical (unpaired) electrons. The predicted octanol–water partition coefficient (Wildman–Crippen LogP) is 3.95. The first kappa shape index (κ1) is 19.1. The predicted molar refractivity (Wildman–Crippen MR) is 114 cm³/mol. The van der Waals surface area contributed by atoms with Gasteiger partial charge in [-0.3, -0.25) is 9.48 Å². The molecule has 1 amide bonds. The SMILES string of the molecule is CC.NC(=O)C1(Nc2ccc3c(c2)OCc2cc(-c4ccccc4)nn2C3)CC1. The summed E-state index contributed by atoms with van der Waals surface area (Å²) in [4.78, 5) is 11.6. The van der Waals surface area contributed by atoms with Crippen molar-refractivity contribution in [1.82, 2.24) is 9.78 Å². The first-order valence-electron chi connectivity index (χ1n) is 10.1. The third-order valence-electron chi connectivity index (χ3n) is 5.30. The summed E-state index contributed by atoms with van der Waals surface area (Å²) in [6.07, 6.45) is 1.55. The van der Waals surface area contributed by atoms with Gasteiger partial charge in [-0.25, -0.2) is 0 Å². The molecule has 1 fully saturated rings.